The van der Waals surface area contributed by atoms with Crippen molar-refractivity contribution in [3.8, 4) is 0 Å². The average molecular weight is 604 g/mol. The zero-order valence-electron chi connectivity index (χ0n) is 24.5. The minimum absolute atomic E-state index is 0. The molecule has 0 bridgehead atoms. The van der Waals surface area contributed by atoms with E-state index in [1.807, 2.05) is 20.8 Å². The van der Waals surface area contributed by atoms with Crippen molar-refractivity contribution >= 4 is 47.3 Å². The van der Waals surface area contributed by atoms with Crippen LogP contribution in [0.1, 0.15) is 61.6 Å². The lowest BCUT2D eigenvalue weighted by atomic mass is 10.2. The Morgan fingerprint density at radius 3 is 1.93 bits per heavy atom. The van der Waals surface area contributed by atoms with Crippen LogP contribution in [0.3, 0.4) is 0 Å². The van der Waals surface area contributed by atoms with Crippen LogP contribution in [0.15, 0.2) is 36.4 Å². The standard InChI is InChI=1S/C21H25N5O7.C4H10N2O.C2H6.6H2/c1-12(23-16(27)9-10-26-17(28)7-8-18(26)29)19(30)24-13(2)20(31)25-15-5-3-14(4-6-15)11-33-21(22)32;1-2-3-6-4(5)7;1-2;;;;;;/h3-8,12-13H,9-11H2,1-2H3,(H2,22,32)(H,23,27)(H,24,30)(H,25,31);2-3H2,1H3,(H3,5,6,7);1-2H3;6*1H/t12-,13-;;;;;;;;/m0......../s1. The van der Waals surface area contributed by atoms with E-state index in [0.717, 1.165) is 23.5 Å². The normalized spacial score (nSPS) is 12.8. The van der Waals surface area contributed by atoms with Gasteiger partial charge in [-0.25, -0.2) is 9.59 Å². The van der Waals surface area contributed by atoms with Crippen LogP contribution in [0, 0.1) is 0 Å². The molecule has 0 fully saturated rings. The van der Waals surface area contributed by atoms with Crippen LogP contribution in [0.2, 0.25) is 0 Å². The summed E-state index contributed by atoms with van der Waals surface area (Å²) in [6.07, 6.45) is 2.12. The Bertz CT molecular complexity index is 1130. The minimum Gasteiger partial charge on any atom is -0.445 e. The molecule has 1 aromatic carbocycles. The summed E-state index contributed by atoms with van der Waals surface area (Å²) in [4.78, 5) is 81.0. The molecule has 15 heteroatoms. The second-order valence-electron chi connectivity index (χ2n) is 8.52. The molecule has 0 spiro atoms. The molecule has 8 N–H and O–H groups in total. The Balaban J connectivity index is -0.000000200. The van der Waals surface area contributed by atoms with E-state index >= 15 is 0 Å². The van der Waals surface area contributed by atoms with Crippen LogP contribution in [-0.2, 0) is 35.3 Å². The maximum Gasteiger partial charge on any atom is 0.404 e. The monoisotopic (exact) mass is 603 g/mol. The molecule has 42 heavy (non-hydrogen) atoms. The third-order valence-electron chi connectivity index (χ3n) is 5.14. The fourth-order valence-electron chi connectivity index (χ4n) is 2.99. The Hall–Kier alpha value is -4.95. The lowest BCUT2D eigenvalue weighted by molar-refractivity contribution is -0.137. The van der Waals surface area contributed by atoms with Gasteiger partial charge in [0.2, 0.25) is 17.7 Å². The number of hydrogen-bond acceptors (Lipinski definition) is 8. The summed E-state index contributed by atoms with van der Waals surface area (Å²) in [5.41, 5.74) is 10.8. The van der Waals surface area contributed by atoms with Gasteiger partial charge in [-0.15, -0.1) is 0 Å². The van der Waals surface area contributed by atoms with Crippen molar-refractivity contribution in [2.45, 2.75) is 66.2 Å². The number of hydrogen-bond donors (Lipinski definition) is 6. The molecule has 0 radical (unpaired) electrons. The van der Waals surface area contributed by atoms with Gasteiger partial charge in [0.1, 0.15) is 18.7 Å². The summed E-state index contributed by atoms with van der Waals surface area (Å²) in [5.74, 6) is -2.58. The molecular weight excluding hydrogens is 550 g/mol. The van der Waals surface area contributed by atoms with Gasteiger partial charge in [-0.3, -0.25) is 28.9 Å². The first-order chi connectivity index (χ1) is 19.8. The topological polar surface area (TPSA) is 232 Å². The van der Waals surface area contributed by atoms with Crippen LogP contribution in [0.4, 0.5) is 15.3 Å². The lowest BCUT2D eigenvalue weighted by Gasteiger charge is -2.19. The second kappa shape index (κ2) is 20.0. The van der Waals surface area contributed by atoms with Gasteiger partial charge in [-0.1, -0.05) is 32.9 Å². The van der Waals surface area contributed by atoms with Gasteiger partial charge in [-0.05, 0) is 38.0 Å². The van der Waals surface area contributed by atoms with Crippen molar-refractivity contribution < 1.29 is 46.9 Å². The van der Waals surface area contributed by atoms with Gasteiger partial charge in [0.25, 0.3) is 11.8 Å². The molecule has 1 aliphatic rings. The van der Waals surface area contributed by atoms with Crippen molar-refractivity contribution in [1.29, 1.82) is 0 Å². The summed E-state index contributed by atoms with van der Waals surface area (Å²) in [5, 5.41) is 10.0. The summed E-state index contributed by atoms with van der Waals surface area (Å²) < 4.78 is 4.67. The van der Waals surface area contributed by atoms with Crippen LogP contribution < -0.4 is 32.7 Å². The Labute approximate surface area is 253 Å². The second-order valence-corrected chi connectivity index (χ2v) is 8.52. The fourth-order valence-corrected chi connectivity index (χ4v) is 2.99. The number of carbonyl (C=O) groups excluding carboxylic acids is 7. The van der Waals surface area contributed by atoms with E-state index in [9.17, 15) is 33.6 Å². The number of rotatable bonds is 12. The highest BCUT2D eigenvalue weighted by molar-refractivity contribution is 6.13. The summed E-state index contributed by atoms with van der Waals surface area (Å²) in [7, 11) is 0. The highest BCUT2D eigenvalue weighted by atomic mass is 16.5. The maximum absolute atomic E-state index is 12.3. The molecule has 1 aromatic rings. The number of anilines is 1. The molecular formula is C27H53N7O8. The number of imide groups is 1. The molecule has 15 nitrogen and oxygen atoms in total. The van der Waals surface area contributed by atoms with E-state index in [1.54, 1.807) is 24.3 Å². The lowest BCUT2D eigenvalue weighted by Crippen LogP contribution is -2.50. The molecule has 1 aliphatic heterocycles. The van der Waals surface area contributed by atoms with E-state index in [4.69, 9.17) is 11.5 Å². The number of nitrogens with one attached hydrogen (secondary N) is 4. The molecule has 0 saturated carbocycles. The van der Waals surface area contributed by atoms with Crippen molar-refractivity contribution in [2.75, 3.05) is 18.4 Å². The largest absolute Gasteiger partial charge is 0.445 e. The molecule has 2 rings (SSSR count). The Kier molecular flexibility index (Phi) is 17.6. The van der Waals surface area contributed by atoms with Crippen LogP contribution in [0.5, 0.6) is 0 Å². The molecule has 8 amide bonds. The zero-order chi connectivity index (χ0) is 32.2. The van der Waals surface area contributed by atoms with Crippen LogP contribution in [0.25, 0.3) is 0 Å². The number of carbonyl (C=O) groups is 7. The van der Waals surface area contributed by atoms with Crippen molar-refractivity contribution in [2.24, 2.45) is 11.5 Å². The van der Waals surface area contributed by atoms with Crippen molar-refractivity contribution in [3.63, 3.8) is 0 Å². The van der Waals surface area contributed by atoms with Gasteiger partial charge in [0.05, 0.1) is 0 Å². The molecule has 0 unspecified atom stereocenters. The molecule has 0 aromatic heterocycles. The Morgan fingerprint density at radius 2 is 1.45 bits per heavy atom. The average Bonchev–Trinajstić information content (AvgIpc) is 3.27. The number of urea groups is 1. The smallest absolute Gasteiger partial charge is 0.404 e. The highest BCUT2D eigenvalue weighted by Crippen LogP contribution is 2.11. The zero-order valence-corrected chi connectivity index (χ0v) is 24.5. The first-order valence-corrected chi connectivity index (χ1v) is 13.3. The predicted octanol–water partition coefficient (Wildman–Crippen LogP) is 2.11. The van der Waals surface area contributed by atoms with E-state index in [0.29, 0.717) is 17.8 Å². The molecule has 244 valence electrons. The van der Waals surface area contributed by atoms with Crippen LogP contribution in [-0.4, -0.2) is 71.7 Å². The highest BCUT2D eigenvalue weighted by Gasteiger charge is 2.25. The van der Waals surface area contributed by atoms with Gasteiger partial charge < -0.3 is 37.5 Å². The van der Waals surface area contributed by atoms with E-state index in [-0.39, 0.29) is 28.1 Å². The molecule has 1 heterocycles. The van der Waals surface area contributed by atoms with Gasteiger partial charge in [0, 0.05) is 45.9 Å². The SMILES string of the molecule is CC.CCCNC(N)=O.C[C@H](NC(=O)CCN1C(=O)C=CC1=O)C(=O)N[C@@H](C)C(=O)Nc1ccc(COC(N)=O)cc1.[HH].[HH].[HH].[HH].[HH].[HH]. The fraction of sp³-hybridized carbons (Fsp3) is 0.444. The number of nitrogens with two attached hydrogens (primary N) is 2. The molecule has 0 saturated heterocycles. The number of primary amides is 2. The van der Waals surface area contributed by atoms with E-state index < -0.39 is 53.7 Å². The predicted molar refractivity (Wildman–Crippen MR) is 167 cm³/mol. The van der Waals surface area contributed by atoms with E-state index in [1.165, 1.54) is 13.8 Å². The van der Waals surface area contributed by atoms with Crippen molar-refractivity contribution in [3.05, 3.63) is 42.0 Å². The molecule has 2 atom stereocenters. The van der Waals surface area contributed by atoms with Gasteiger partial charge in [0.15, 0.2) is 0 Å². The summed E-state index contributed by atoms with van der Waals surface area (Å²) in [6.45, 7) is 9.47. The van der Waals surface area contributed by atoms with E-state index in [2.05, 4.69) is 26.0 Å². The number of ether oxygens (including phenoxy) is 1. The number of benzene rings is 1. The van der Waals surface area contributed by atoms with Gasteiger partial charge >= 0.3 is 12.1 Å². The van der Waals surface area contributed by atoms with Crippen LogP contribution >= 0.6 is 0 Å². The minimum atomic E-state index is -0.944. The molecule has 0 aliphatic carbocycles. The number of amides is 8. The van der Waals surface area contributed by atoms with Crippen molar-refractivity contribution in [1.82, 2.24) is 20.9 Å². The number of nitrogens with zero attached hydrogens (tertiary/aromatic N) is 1. The maximum atomic E-state index is 12.3. The Morgan fingerprint density at radius 1 is 0.905 bits per heavy atom. The third kappa shape index (κ3) is 15.0. The summed E-state index contributed by atoms with van der Waals surface area (Å²) >= 11 is 0. The first kappa shape index (κ1) is 37.0. The first-order valence-electron chi connectivity index (χ1n) is 13.3. The quantitative estimate of drug-likeness (QED) is 0.193. The van der Waals surface area contributed by atoms with Gasteiger partial charge in [-0.2, -0.15) is 0 Å². The third-order valence-corrected chi connectivity index (χ3v) is 5.14. The summed E-state index contributed by atoms with van der Waals surface area (Å²) in [6, 6.07) is 4.18.